The monoisotopic (exact) mass is 512 g/mol. The molecular formula is C26H28N2O7S. The van der Waals surface area contributed by atoms with Crippen molar-refractivity contribution in [1.29, 1.82) is 0 Å². The van der Waals surface area contributed by atoms with Gasteiger partial charge in [-0.15, -0.1) is 0 Å². The molecule has 1 aliphatic rings. The maximum atomic E-state index is 13.6. The second kappa shape index (κ2) is 10.8. The molecule has 190 valence electrons. The van der Waals surface area contributed by atoms with Crippen LogP contribution in [0.5, 0.6) is 23.0 Å². The van der Waals surface area contributed by atoms with E-state index in [0.29, 0.717) is 28.7 Å². The van der Waals surface area contributed by atoms with Crippen molar-refractivity contribution in [3.63, 3.8) is 0 Å². The summed E-state index contributed by atoms with van der Waals surface area (Å²) in [5.74, 6) is 1.69. The van der Waals surface area contributed by atoms with Crippen molar-refractivity contribution in [1.82, 2.24) is 5.32 Å². The van der Waals surface area contributed by atoms with E-state index >= 15 is 0 Å². The SMILES string of the molecule is COc1ccc(S(=O)(=O)N2C[C@H](C(=O)NCCOc3cccc(OC)c3)Oc3ccc(C)cc32)cc1. The number of carbonyl (C=O) groups is 1. The summed E-state index contributed by atoms with van der Waals surface area (Å²) in [4.78, 5) is 13.0. The molecule has 0 unspecified atom stereocenters. The Morgan fingerprint density at radius 3 is 2.44 bits per heavy atom. The minimum Gasteiger partial charge on any atom is -0.497 e. The second-order valence-electron chi connectivity index (χ2n) is 8.11. The lowest BCUT2D eigenvalue weighted by molar-refractivity contribution is -0.127. The zero-order chi connectivity index (χ0) is 25.7. The fraction of sp³-hybridized carbons (Fsp3) is 0.269. The Kier molecular flexibility index (Phi) is 7.54. The van der Waals surface area contributed by atoms with Gasteiger partial charge in [0.1, 0.15) is 29.6 Å². The van der Waals surface area contributed by atoms with Crippen molar-refractivity contribution in [2.45, 2.75) is 17.9 Å². The predicted molar refractivity (Wildman–Crippen MR) is 135 cm³/mol. The summed E-state index contributed by atoms with van der Waals surface area (Å²) >= 11 is 0. The number of carbonyl (C=O) groups excluding carboxylic acids is 1. The number of benzene rings is 3. The van der Waals surface area contributed by atoms with Gasteiger partial charge in [-0.05, 0) is 61.0 Å². The third-order valence-corrected chi connectivity index (χ3v) is 7.43. The van der Waals surface area contributed by atoms with E-state index in [9.17, 15) is 13.2 Å². The van der Waals surface area contributed by atoms with E-state index in [2.05, 4.69) is 5.32 Å². The summed E-state index contributed by atoms with van der Waals surface area (Å²) in [6, 6.07) is 18.5. The van der Waals surface area contributed by atoms with Gasteiger partial charge in [-0.25, -0.2) is 8.42 Å². The van der Waals surface area contributed by atoms with Crippen LogP contribution in [0.2, 0.25) is 0 Å². The lowest BCUT2D eigenvalue weighted by Crippen LogP contribution is -2.51. The highest BCUT2D eigenvalue weighted by Crippen LogP contribution is 2.38. The van der Waals surface area contributed by atoms with Gasteiger partial charge in [-0.1, -0.05) is 12.1 Å². The van der Waals surface area contributed by atoms with Crippen LogP contribution in [0.3, 0.4) is 0 Å². The van der Waals surface area contributed by atoms with Gasteiger partial charge in [0.2, 0.25) is 0 Å². The Hall–Kier alpha value is -3.92. The van der Waals surface area contributed by atoms with Crippen molar-refractivity contribution >= 4 is 21.6 Å². The molecule has 9 nitrogen and oxygen atoms in total. The summed E-state index contributed by atoms with van der Waals surface area (Å²) in [7, 11) is -0.890. The first kappa shape index (κ1) is 25.2. The van der Waals surface area contributed by atoms with Gasteiger partial charge in [-0.3, -0.25) is 9.10 Å². The number of hydrogen-bond acceptors (Lipinski definition) is 7. The Bertz CT molecular complexity index is 1330. The van der Waals surface area contributed by atoms with Crippen LogP contribution in [0.25, 0.3) is 0 Å². The van der Waals surface area contributed by atoms with Gasteiger partial charge in [-0.2, -0.15) is 0 Å². The predicted octanol–water partition coefficient (Wildman–Crippen LogP) is 3.16. The molecule has 1 atom stereocenters. The van der Waals surface area contributed by atoms with Crippen molar-refractivity contribution in [2.24, 2.45) is 0 Å². The van der Waals surface area contributed by atoms with Crippen molar-refractivity contribution in [2.75, 3.05) is 38.2 Å². The molecule has 1 amide bonds. The highest BCUT2D eigenvalue weighted by molar-refractivity contribution is 7.92. The van der Waals surface area contributed by atoms with Crippen LogP contribution in [0.4, 0.5) is 5.69 Å². The third kappa shape index (κ3) is 5.49. The quantitative estimate of drug-likeness (QED) is 0.439. The molecule has 3 aromatic rings. The molecule has 4 rings (SSSR count). The number of fused-ring (bicyclic) bond motifs is 1. The number of rotatable bonds is 9. The molecule has 0 spiro atoms. The molecule has 1 heterocycles. The highest BCUT2D eigenvalue weighted by Gasteiger charge is 2.37. The Morgan fingerprint density at radius 1 is 1.00 bits per heavy atom. The zero-order valence-electron chi connectivity index (χ0n) is 20.3. The Morgan fingerprint density at radius 2 is 1.72 bits per heavy atom. The normalized spacial score (nSPS) is 14.9. The summed E-state index contributed by atoms with van der Waals surface area (Å²) in [6.45, 7) is 2.12. The fourth-order valence-corrected chi connectivity index (χ4v) is 5.22. The van der Waals surface area contributed by atoms with Crippen LogP contribution in [0.1, 0.15) is 5.56 Å². The minimum atomic E-state index is -3.97. The number of ether oxygens (including phenoxy) is 4. The maximum absolute atomic E-state index is 13.6. The van der Waals surface area contributed by atoms with E-state index in [1.807, 2.05) is 6.92 Å². The average molecular weight is 513 g/mol. The van der Waals surface area contributed by atoms with Gasteiger partial charge in [0.05, 0.1) is 37.9 Å². The number of nitrogens with one attached hydrogen (secondary N) is 1. The van der Waals surface area contributed by atoms with E-state index in [1.54, 1.807) is 61.7 Å². The number of methoxy groups -OCH3 is 2. The smallest absolute Gasteiger partial charge is 0.264 e. The summed E-state index contributed by atoms with van der Waals surface area (Å²) in [5.41, 5.74) is 1.25. The number of anilines is 1. The molecule has 0 radical (unpaired) electrons. The standard InChI is InChI=1S/C26H28N2O7S/c1-18-7-12-24-23(15-18)28(36(30,31)22-10-8-19(32-2)9-11-22)17-25(35-24)26(29)27-13-14-34-21-6-4-5-20(16-21)33-3/h4-12,15-16,25H,13-14,17H2,1-3H3,(H,27,29)/t25-/m1/s1. The van der Waals surface area contributed by atoms with E-state index in [0.717, 1.165) is 5.56 Å². The molecule has 3 aromatic carbocycles. The van der Waals surface area contributed by atoms with Crippen molar-refractivity contribution in [3.8, 4) is 23.0 Å². The van der Waals surface area contributed by atoms with Crippen molar-refractivity contribution < 1.29 is 32.2 Å². The zero-order valence-corrected chi connectivity index (χ0v) is 21.1. The van der Waals surface area contributed by atoms with Crippen LogP contribution in [-0.4, -0.2) is 54.3 Å². The first-order chi connectivity index (χ1) is 17.3. The molecule has 36 heavy (non-hydrogen) atoms. The van der Waals surface area contributed by atoms with E-state index < -0.39 is 22.0 Å². The third-order valence-electron chi connectivity index (χ3n) is 5.64. The van der Waals surface area contributed by atoms with E-state index in [1.165, 1.54) is 23.5 Å². The number of amides is 1. The van der Waals surface area contributed by atoms with Crippen molar-refractivity contribution in [3.05, 3.63) is 72.3 Å². The average Bonchev–Trinajstić information content (AvgIpc) is 2.90. The number of nitrogens with zero attached hydrogens (tertiary/aromatic N) is 1. The van der Waals surface area contributed by atoms with E-state index in [-0.39, 0.29) is 24.6 Å². The molecule has 10 heteroatoms. The number of hydrogen-bond donors (Lipinski definition) is 1. The molecule has 0 aliphatic carbocycles. The second-order valence-corrected chi connectivity index (χ2v) is 9.97. The first-order valence-electron chi connectivity index (χ1n) is 11.3. The minimum absolute atomic E-state index is 0.0866. The molecule has 1 N–H and O–H groups in total. The van der Waals surface area contributed by atoms with Crippen LogP contribution in [0.15, 0.2) is 71.6 Å². The summed E-state index contributed by atoms with van der Waals surface area (Å²) in [5, 5.41) is 2.76. The molecule has 0 aromatic heterocycles. The number of aryl methyl sites for hydroxylation is 1. The molecule has 0 saturated carbocycles. The van der Waals surface area contributed by atoms with Gasteiger partial charge in [0, 0.05) is 6.07 Å². The van der Waals surface area contributed by atoms with Gasteiger partial charge < -0.3 is 24.3 Å². The summed E-state index contributed by atoms with van der Waals surface area (Å²) in [6.07, 6.45) is -1.04. The molecule has 0 bridgehead atoms. The Labute approximate surface area is 210 Å². The van der Waals surface area contributed by atoms with Crippen LogP contribution >= 0.6 is 0 Å². The number of sulfonamides is 1. The first-order valence-corrected chi connectivity index (χ1v) is 12.7. The summed E-state index contributed by atoms with van der Waals surface area (Å²) < 4.78 is 50.2. The van der Waals surface area contributed by atoms with Crippen LogP contribution < -0.4 is 28.6 Å². The van der Waals surface area contributed by atoms with Crippen LogP contribution in [-0.2, 0) is 14.8 Å². The molecule has 1 aliphatic heterocycles. The largest absolute Gasteiger partial charge is 0.497 e. The maximum Gasteiger partial charge on any atom is 0.264 e. The van der Waals surface area contributed by atoms with Gasteiger partial charge in [0.25, 0.3) is 15.9 Å². The lowest BCUT2D eigenvalue weighted by atomic mass is 10.1. The molecule has 0 fully saturated rings. The highest BCUT2D eigenvalue weighted by atomic mass is 32.2. The fourth-order valence-electron chi connectivity index (χ4n) is 3.75. The van der Waals surface area contributed by atoms with Gasteiger partial charge in [0.15, 0.2) is 6.10 Å². The van der Waals surface area contributed by atoms with Gasteiger partial charge >= 0.3 is 0 Å². The molecule has 0 saturated heterocycles. The topological polar surface area (TPSA) is 103 Å². The lowest BCUT2D eigenvalue weighted by Gasteiger charge is -2.35. The van der Waals surface area contributed by atoms with E-state index in [4.69, 9.17) is 18.9 Å². The molecular weight excluding hydrogens is 484 g/mol. The van der Waals surface area contributed by atoms with Crippen LogP contribution in [0, 0.1) is 6.92 Å². The Balaban J connectivity index is 1.48.